The Kier molecular flexibility index (Phi) is 4.08. The first-order chi connectivity index (χ1) is 9.69. The van der Waals surface area contributed by atoms with E-state index >= 15 is 0 Å². The Hall–Kier alpha value is -0.450. The van der Waals surface area contributed by atoms with Crippen molar-refractivity contribution in [1.82, 2.24) is 10.0 Å². The van der Waals surface area contributed by atoms with E-state index in [0.29, 0.717) is 18.6 Å². The summed E-state index contributed by atoms with van der Waals surface area (Å²) < 4.78 is 0. The van der Waals surface area contributed by atoms with Crippen molar-refractivity contribution in [3.8, 4) is 0 Å². The van der Waals surface area contributed by atoms with Crippen LogP contribution in [-0.4, -0.2) is 49.2 Å². The van der Waals surface area contributed by atoms with Crippen LogP contribution in [0.1, 0.15) is 81.1 Å². The number of ketones is 1. The maximum Gasteiger partial charge on any atom is 0.136 e. The van der Waals surface area contributed by atoms with Crippen LogP contribution in [0.15, 0.2) is 0 Å². The van der Waals surface area contributed by atoms with Gasteiger partial charge in [-0.05, 0) is 68.2 Å². The van der Waals surface area contributed by atoms with Gasteiger partial charge in [-0.2, -0.15) is 0 Å². The van der Waals surface area contributed by atoms with Gasteiger partial charge in [-0.25, -0.2) is 10.0 Å². The molecule has 0 radical (unpaired) electrons. The standard InChI is InChI=1S/C18H34N2O2/c1-15(2)9-13(21)10-16(3,4)19(15)20-17(5,6)11-14(22)12-18(20,7)8/h13,21H,9-12H2,1-8H3. The average Bonchev–Trinajstić information content (AvgIpc) is 2.16. The van der Waals surface area contributed by atoms with E-state index in [1.807, 2.05) is 0 Å². The fourth-order valence-corrected chi connectivity index (χ4v) is 5.30. The Balaban J connectivity index is 2.52. The molecule has 2 aliphatic heterocycles. The highest BCUT2D eigenvalue weighted by atomic mass is 16.3. The average molecular weight is 310 g/mol. The number of aliphatic hydroxyl groups is 1. The van der Waals surface area contributed by atoms with Crippen LogP contribution in [0.3, 0.4) is 0 Å². The third-order valence-corrected chi connectivity index (χ3v) is 5.22. The molecule has 0 aliphatic carbocycles. The first-order valence-electron chi connectivity index (χ1n) is 8.49. The molecule has 1 N–H and O–H groups in total. The predicted octanol–water partition coefficient (Wildman–Crippen LogP) is 3.14. The van der Waals surface area contributed by atoms with Gasteiger partial charge in [0.1, 0.15) is 5.78 Å². The second-order valence-corrected chi connectivity index (χ2v) is 9.83. The highest BCUT2D eigenvalue weighted by molar-refractivity contribution is 5.81. The normalized spacial score (nSPS) is 32.1. The number of hydrogen-bond donors (Lipinski definition) is 1. The molecule has 2 fully saturated rings. The summed E-state index contributed by atoms with van der Waals surface area (Å²) in [5.74, 6) is 0.346. The molecule has 2 rings (SSSR count). The Labute approximate surface area is 135 Å². The van der Waals surface area contributed by atoms with Gasteiger partial charge in [-0.15, -0.1) is 0 Å². The lowest BCUT2D eigenvalue weighted by Gasteiger charge is -2.66. The molecular formula is C18H34N2O2. The molecule has 2 aliphatic rings. The van der Waals surface area contributed by atoms with Gasteiger partial charge in [0.05, 0.1) is 6.10 Å². The maximum atomic E-state index is 12.2. The zero-order valence-corrected chi connectivity index (χ0v) is 15.7. The minimum atomic E-state index is -0.265. The summed E-state index contributed by atoms with van der Waals surface area (Å²) in [4.78, 5) is 12.2. The highest BCUT2D eigenvalue weighted by Gasteiger charge is 2.56. The molecule has 0 unspecified atom stereocenters. The molecule has 2 saturated heterocycles. The number of Topliss-reactive ketones (excluding diaryl/α,β-unsaturated/α-hetero) is 1. The van der Waals surface area contributed by atoms with Gasteiger partial charge in [-0.3, -0.25) is 4.79 Å². The van der Waals surface area contributed by atoms with Gasteiger partial charge >= 0.3 is 0 Å². The van der Waals surface area contributed by atoms with Gasteiger partial charge in [-0.1, -0.05) is 0 Å². The van der Waals surface area contributed by atoms with Crippen molar-refractivity contribution < 1.29 is 9.90 Å². The van der Waals surface area contributed by atoms with Crippen molar-refractivity contribution in [1.29, 1.82) is 0 Å². The fraction of sp³-hybridized carbons (Fsp3) is 0.944. The van der Waals surface area contributed by atoms with Gasteiger partial charge < -0.3 is 5.11 Å². The van der Waals surface area contributed by atoms with E-state index in [1.165, 1.54) is 0 Å². The lowest BCUT2D eigenvalue weighted by molar-refractivity contribution is -0.277. The Morgan fingerprint density at radius 2 is 1.09 bits per heavy atom. The predicted molar refractivity (Wildman–Crippen MR) is 89.5 cm³/mol. The van der Waals surface area contributed by atoms with E-state index in [-0.39, 0.29) is 28.3 Å². The second kappa shape index (κ2) is 5.02. The van der Waals surface area contributed by atoms with Gasteiger partial charge in [0.25, 0.3) is 0 Å². The molecular weight excluding hydrogens is 276 g/mol. The molecule has 0 atom stereocenters. The molecule has 0 aromatic heterocycles. The maximum absolute atomic E-state index is 12.2. The molecule has 4 heteroatoms. The van der Waals surface area contributed by atoms with Gasteiger partial charge in [0.2, 0.25) is 0 Å². The molecule has 0 aromatic carbocycles. The van der Waals surface area contributed by atoms with Crippen molar-refractivity contribution in [2.75, 3.05) is 0 Å². The zero-order chi connectivity index (χ0) is 17.1. The number of hydrazine groups is 1. The van der Waals surface area contributed by atoms with Crippen LogP contribution < -0.4 is 0 Å². The number of piperidine rings is 2. The number of carbonyl (C=O) groups excluding carboxylic acids is 1. The molecule has 0 saturated carbocycles. The summed E-state index contributed by atoms with van der Waals surface area (Å²) in [6.45, 7) is 17.5. The molecule has 0 spiro atoms. The number of aliphatic hydroxyl groups excluding tert-OH is 1. The van der Waals surface area contributed by atoms with Crippen molar-refractivity contribution in [2.45, 2.75) is 109 Å². The zero-order valence-electron chi connectivity index (χ0n) is 15.7. The summed E-state index contributed by atoms with van der Waals surface area (Å²) in [6, 6.07) is 0. The highest BCUT2D eigenvalue weighted by Crippen LogP contribution is 2.47. The first kappa shape index (κ1) is 17.9. The molecule has 128 valence electrons. The lowest BCUT2D eigenvalue weighted by atomic mass is 9.75. The van der Waals surface area contributed by atoms with Crippen LogP contribution in [0.2, 0.25) is 0 Å². The third kappa shape index (κ3) is 2.98. The summed E-state index contributed by atoms with van der Waals surface area (Å²) in [5, 5.41) is 15.2. The van der Waals surface area contributed by atoms with Crippen molar-refractivity contribution in [3.05, 3.63) is 0 Å². The summed E-state index contributed by atoms with van der Waals surface area (Å²) in [6.07, 6.45) is 2.42. The monoisotopic (exact) mass is 310 g/mol. The summed E-state index contributed by atoms with van der Waals surface area (Å²) in [7, 11) is 0. The van der Waals surface area contributed by atoms with Gasteiger partial charge in [0.15, 0.2) is 0 Å². The van der Waals surface area contributed by atoms with Crippen LogP contribution in [0.4, 0.5) is 0 Å². The summed E-state index contributed by atoms with van der Waals surface area (Å²) >= 11 is 0. The topological polar surface area (TPSA) is 43.8 Å². The van der Waals surface area contributed by atoms with Crippen LogP contribution in [0, 0.1) is 0 Å². The largest absolute Gasteiger partial charge is 0.393 e. The third-order valence-electron chi connectivity index (χ3n) is 5.22. The number of nitrogens with zero attached hydrogens (tertiary/aromatic N) is 2. The molecule has 0 bridgehead atoms. The van der Waals surface area contributed by atoms with Crippen molar-refractivity contribution in [3.63, 3.8) is 0 Å². The Morgan fingerprint density at radius 3 is 1.45 bits per heavy atom. The van der Waals surface area contributed by atoms with E-state index in [2.05, 4.69) is 65.4 Å². The molecule has 0 amide bonds. The SMILES string of the molecule is CC1(C)CC(=O)CC(C)(C)N1N1C(C)(C)CC(O)CC1(C)C. The van der Waals surface area contributed by atoms with E-state index < -0.39 is 0 Å². The minimum absolute atomic E-state index is 0.143. The first-order valence-corrected chi connectivity index (χ1v) is 8.49. The Bertz CT molecular complexity index is 428. The molecule has 22 heavy (non-hydrogen) atoms. The molecule has 4 nitrogen and oxygen atoms in total. The van der Waals surface area contributed by atoms with E-state index in [4.69, 9.17) is 0 Å². The Morgan fingerprint density at radius 1 is 0.773 bits per heavy atom. The van der Waals surface area contributed by atoms with Crippen LogP contribution in [-0.2, 0) is 4.79 Å². The smallest absolute Gasteiger partial charge is 0.136 e. The van der Waals surface area contributed by atoms with E-state index in [9.17, 15) is 9.90 Å². The summed E-state index contributed by atoms with van der Waals surface area (Å²) in [5.41, 5.74) is -0.711. The van der Waals surface area contributed by atoms with Crippen LogP contribution >= 0.6 is 0 Å². The second-order valence-electron chi connectivity index (χ2n) is 9.83. The number of rotatable bonds is 1. The van der Waals surface area contributed by atoms with Crippen LogP contribution in [0.5, 0.6) is 0 Å². The minimum Gasteiger partial charge on any atom is -0.393 e. The van der Waals surface area contributed by atoms with Crippen molar-refractivity contribution in [2.24, 2.45) is 0 Å². The number of carbonyl (C=O) groups is 1. The fourth-order valence-electron chi connectivity index (χ4n) is 5.30. The van der Waals surface area contributed by atoms with E-state index in [1.54, 1.807) is 0 Å². The van der Waals surface area contributed by atoms with Crippen LogP contribution in [0.25, 0.3) is 0 Å². The van der Waals surface area contributed by atoms with E-state index in [0.717, 1.165) is 12.8 Å². The quantitative estimate of drug-likeness (QED) is 0.808. The van der Waals surface area contributed by atoms with Crippen molar-refractivity contribution >= 4 is 5.78 Å². The molecule has 0 aromatic rings. The number of hydrogen-bond acceptors (Lipinski definition) is 4. The lowest BCUT2D eigenvalue weighted by Crippen LogP contribution is -2.77. The molecule has 2 heterocycles. The van der Waals surface area contributed by atoms with Gasteiger partial charge in [0, 0.05) is 35.0 Å².